The molecule has 66 valence electrons. The molecule has 13 heavy (non-hydrogen) atoms. The lowest BCUT2D eigenvalue weighted by Crippen LogP contribution is -1.78. The summed E-state index contributed by atoms with van der Waals surface area (Å²) in [6.45, 7) is 7.47. The van der Waals surface area contributed by atoms with Gasteiger partial charge in [-0.05, 0) is 17.6 Å². The first-order chi connectivity index (χ1) is 6.38. The molecule has 0 aromatic heterocycles. The molecule has 0 aliphatic heterocycles. The molecule has 0 N–H and O–H groups in total. The van der Waals surface area contributed by atoms with Crippen LogP contribution in [0.4, 0.5) is 0 Å². The van der Waals surface area contributed by atoms with E-state index < -0.39 is 0 Å². The zero-order chi connectivity index (χ0) is 9.52. The Balaban J connectivity index is 2.90. The van der Waals surface area contributed by atoms with Crippen molar-refractivity contribution in [3.8, 4) is 0 Å². The van der Waals surface area contributed by atoms with Gasteiger partial charge in [-0.15, -0.1) is 6.58 Å². The van der Waals surface area contributed by atoms with Gasteiger partial charge in [0.1, 0.15) is 0 Å². The van der Waals surface area contributed by atoms with Crippen LogP contribution in [0.1, 0.15) is 12.0 Å². The molecule has 1 aromatic rings. The lowest BCUT2D eigenvalue weighted by atomic mass is 10.1. The van der Waals surface area contributed by atoms with Gasteiger partial charge in [0.05, 0.1) is 0 Å². The van der Waals surface area contributed by atoms with Crippen molar-refractivity contribution < 1.29 is 0 Å². The molecule has 0 saturated carbocycles. The number of hydrogen-bond donors (Lipinski definition) is 0. The molecule has 0 heterocycles. The van der Waals surface area contributed by atoms with Gasteiger partial charge in [-0.1, -0.05) is 55.1 Å². The van der Waals surface area contributed by atoms with E-state index in [9.17, 15) is 0 Å². The van der Waals surface area contributed by atoms with Crippen molar-refractivity contribution >= 4 is 5.57 Å². The van der Waals surface area contributed by atoms with Gasteiger partial charge < -0.3 is 0 Å². The van der Waals surface area contributed by atoms with Gasteiger partial charge >= 0.3 is 0 Å². The third-order valence-corrected chi connectivity index (χ3v) is 1.83. The number of hydrogen-bond acceptors (Lipinski definition) is 0. The smallest absolute Gasteiger partial charge is 0.0163 e. The standard InChI is InChI=1S/C13H14/c1-3-5-9-12(4-2)13-10-7-6-8-11-13/h3-4,6-11H,1-2,5H2/b12-9+. The molecule has 0 aliphatic rings. The first kappa shape index (κ1) is 9.53. The highest BCUT2D eigenvalue weighted by Gasteiger charge is 1.93. The molecular formula is C13H14. The summed E-state index contributed by atoms with van der Waals surface area (Å²) in [6.07, 6.45) is 6.76. The quantitative estimate of drug-likeness (QED) is 0.476. The molecule has 0 atom stereocenters. The van der Waals surface area contributed by atoms with Crippen molar-refractivity contribution in [1.29, 1.82) is 0 Å². The molecule has 0 amide bonds. The second-order valence-electron chi connectivity index (χ2n) is 2.75. The Labute approximate surface area is 79.9 Å². The highest BCUT2D eigenvalue weighted by molar-refractivity contribution is 5.73. The first-order valence-corrected chi connectivity index (χ1v) is 4.37. The van der Waals surface area contributed by atoms with Crippen molar-refractivity contribution in [3.05, 3.63) is 67.3 Å². The van der Waals surface area contributed by atoms with E-state index in [1.807, 2.05) is 30.4 Å². The molecule has 0 nitrogen and oxygen atoms in total. The van der Waals surface area contributed by atoms with Crippen LogP contribution in [0.2, 0.25) is 0 Å². The van der Waals surface area contributed by atoms with Crippen molar-refractivity contribution in [1.82, 2.24) is 0 Å². The second kappa shape index (κ2) is 5.15. The van der Waals surface area contributed by atoms with Crippen LogP contribution in [0.5, 0.6) is 0 Å². The zero-order valence-electron chi connectivity index (χ0n) is 7.74. The van der Waals surface area contributed by atoms with Gasteiger partial charge in [0.15, 0.2) is 0 Å². The van der Waals surface area contributed by atoms with Crippen LogP contribution in [0, 0.1) is 0 Å². The van der Waals surface area contributed by atoms with E-state index >= 15 is 0 Å². The fourth-order valence-corrected chi connectivity index (χ4v) is 1.16. The van der Waals surface area contributed by atoms with E-state index in [0.717, 1.165) is 6.42 Å². The van der Waals surface area contributed by atoms with Crippen molar-refractivity contribution in [3.63, 3.8) is 0 Å². The summed E-state index contributed by atoms with van der Waals surface area (Å²) in [5, 5.41) is 0. The molecule has 1 aromatic carbocycles. The molecule has 0 saturated heterocycles. The molecule has 0 spiro atoms. The predicted molar refractivity (Wildman–Crippen MR) is 59.4 cm³/mol. The predicted octanol–water partition coefficient (Wildman–Crippen LogP) is 3.83. The highest BCUT2D eigenvalue weighted by Crippen LogP contribution is 2.15. The number of benzene rings is 1. The minimum Gasteiger partial charge on any atom is -0.103 e. The van der Waals surface area contributed by atoms with Crippen LogP contribution in [-0.2, 0) is 0 Å². The Morgan fingerprint density at radius 1 is 1.15 bits per heavy atom. The summed E-state index contributed by atoms with van der Waals surface area (Å²) in [7, 11) is 0. The van der Waals surface area contributed by atoms with E-state index in [1.54, 1.807) is 0 Å². The second-order valence-corrected chi connectivity index (χ2v) is 2.75. The van der Waals surface area contributed by atoms with Crippen molar-refractivity contribution in [2.45, 2.75) is 6.42 Å². The van der Waals surface area contributed by atoms with Crippen molar-refractivity contribution in [2.75, 3.05) is 0 Å². The summed E-state index contributed by atoms with van der Waals surface area (Å²) in [6, 6.07) is 10.2. The average Bonchev–Trinajstić information content (AvgIpc) is 2.21. The fourth-order valence-electron chi connectivity index (χ4n) is 1.16. The zero-order valence-corrected chi connectivity index (χ0v) is 7.74. The van der Waals surface area contributed by atoms with Gasteiger partial charge in [0.2, 0.25) is 0 Å². The lowest BCUT2D eigenvalue weighted by molar-refractivity contribution is 1.41. The SMILES string of the molecule is C=CC/C=C(\C=C)c1ccccc1. The minimum atomic E-state index is 0.885. The number of allylic oxidation sites excluding steroid dienone is 4. The monoisotopic (exact) mass is 170 g/mol. The molecular weight excluding hydrogens is 156 g/mol. The summed E-state index contributed by atoms with van der Waals surface area (Å²) in [5.41, 5.74) is 2.37. The Morgan fingerprint density at radius 3 is 2.38 bits per heavy atom. The third kappa shape index (κ3) is 2.75. The third-order valence-electron chi connectivity index (χ3n) is 1.83. The molecule has 1 rings (SSSR count). The Morgan fingerprint density at radius 2 is 1.85 bits per heavy atom. The Bertz CT molecular complexity index is 304. The molecule has 0 fully saturated rings. The molecule has 0 heteroatoms. The van der Waals surface area contributed by atoms with Gasteiger partial charge in [0.25, 0.3) is 0 Å². The van der Waals surface area contributed by atoms with E-state index in [4.69, 9.17) is 0 Å². The number of rotatable bonds is 4. The summed E-state index contributed by atoms with van der Waals surface area (Å²) >= 11 is 0. The molecule has 0 unspecified atom stereocenters. The first-order valence-electron chi connectivity index (χ1n) is 4.37. The summed E-state index contributed by atoms with van der Waals surface area (Å²) in [4.78, 5) is 0. The van der Waals surface area contributed by atoms with E-state index in [1.165, 1.54) is 11.1 Å². The van der Waals surface area contributed by atoms with Crippen LogP contribution < -0.4 is 0 Å². The Hall–Kier alpha value is -1.56. The largest absolute Gasteiger partial charge is 0.103 e. The average molecular weight is 170 g/mol. The maximum absolute atomic E-state index is 3.79. The Kier molecular flexibility index (Phi) is 3.77. The minimum absolute atomic E-state index is 0.885. The van der Waals surface area contributed by atoms with E-state index in [0.29, 0.717) is 0 Å². The van der Waals surface area contributed by atoms with Crippen molar-refractivity contribution in [2.24, 2.45) is 0 Å². The summed E-state index contributed by atoms with van der Waals surface area (Å²) < 4.78 is 0. The van der Waals surface area contributed by atoms with Gasteiger partial charge in [-0.25, -0.2) is 0 Å². The van der Waals surface area contributed by atoms with Crippen LogP contribution in [0.15, 0.2) is 61.7 Å². The molecule has 0 bridgehead atoms. The fraction of sp³-hybridized carbons (Fsp3) is 0.0769. The van der Waals surface area contributed by atoms with E-state index in [2.05, 4.69) is 31.4 Å². The normalized spacial score (nSPS) is 10.9. The van der Waals surface area contributed by atoms with Crippen LogP contribution in [-0.4, -0.2) is 0 Å². The lowest BCUT2D eigenvalue weighted by Gasteiger charge is -2.00. The maximum atomic E-state index is 3.79. The van der Waals surface area contributed by atoms with Crippen LogP contribution in [0.25, 0.3) is 5.57 Å². The van der Waals surface area contributed by atoms with Gasteiger partial charge in [-0.2, -0.15) is 0 Å². The maximum Gasteiger partial charge on any atom is -0.0163 e. The van der Waals surface area contributed by atoms with Crippen LogP contribution in [0.3, 0.4) is 0 Å². The molecule has 0 radical (unpaired) electrons. The highest BCUT2D eigenvalue weighted by atomic mass is 14.0. The molecule has 0 aliphatic carbocycles. The van der Waals surface area contributed by atoms with Gasteiger partial charge in [0, 0.05) is 0 Å². The van der Waals surface area contributed by atoms with Crippen LogP contribution >= 0.6 is 0 Å². The summed E-state index contributed by atoms with van der Waals surface area (Å²) in [5.74, 6) is 0. The van der Waals surface area contributed by atoms with E-state index in [-0.39, 0.29) is 0 Å². The van der Waals surface area contributed by atoms with Gasteiger partial charge in [-0.3, -0.25) is 0 Å². The topological polar surface area (TPSA) is 0 Å².